The number of nitrogens with one attached hydrogen (secondary N) is 1. The predicted octanol–water partition coefficient (Wildman–Crippen LogP) is 5.90. The summed E-state index contributed by atoms with van der Waals surface area (Å²) in [6.07, 6.45) is 2.52. The first-order chi connectivity index (χ1) is 18.0. The van der Waals surface area contributed by atoms with Gasteiger partial charge in [0.1, 0.15) is 13.2 Å². The fraction of sp³-hybridized carbons (Fsp3) is 0.207. The largest absolute Gasteiger partial charge is 0.490 e. The molecule has 190 valence electrons. The number of thioether (sulfide) groups is 1. The van der Waals surface area contributed by atoms with Gasteiger partial charge in [-0.3, -0.25) is 19.3 Å². The van der Waals surface area contributed by atoms with E-state index in [0.29, 0.717) is 36.0 Å². The molecule has 0 unspecified atom stereocenters. The van der Waals surface area contributed by atoms with Crippen LogP contribution in [0, 0.1) is 0 Å². The normalized spacial score (nSPS) is 14.2. The van der Waals surface area contributed by atoms with E-state index in [1.165, 1.54) is 0 Å². The standard InChI is InChI=1S/C29H28N2O5S/c1-3-20-10-13-23(14-11-20)30-27(32)18-31-28(33)26(37-29(31)34)17-22-12-15-24(25(16-22)35-4-2)36-19-21-8-6-5-7-9-21/h5-17H,3-4,18-19H2,1-2H3,(H,30,32)/b26-17+. The summed E-state index contributed by atoms with van der Waals surface area (Å²) >= 11 is 0.807. The Hall–Kier alpha value is -4.04. The molecule has 0 aliphatic carbocycles. The molecular formula is C29H28N2O5S. The Balaban J connectivity index is 1.43. The van der Waals surface area contributed by atoms with Crippen LogP contribution in [0.5, 0.6) is 11.5 Å². The van der Waals surface area contributed by atoms with Crippen molar-refractivity contribution in [2.24, 2.45) is 0 Å². The molecule has 0 aromatic heterocycles. The van der Waals surface area contributed by atoms with E-state index in [1.54, 1.807) is 36.4 Å². The van der Waals surface area contributed by atoms with Gasteiger partial charge >= 0.3 is 0 Å². The van der Waals surface area contributed by atoms with E-state index in [-0.39, 0.29) is 11.4 Å². The summed E-state index contributed by atoms with van der Waals surface area (Å²) in [5, 5.41) is 2.25. The van der Waals surface area contributed by atoms with Crippen molar-refractivity contribution in [3.63, 3.8) is 0 Å². The zero-order valence-electron chi connectivity index (χ0n) is 20.7. The number of hydrogen-bond donors (Lipinski definition) is 1. The molecule has 7 nitrogen and oxygen atoms in total. The lowest BCUT2D eigenvalue weighted by Crippen LogP contribution is -2.36. The molecule has 3 aromatic rings. The fourth-order valence-corrected chi connectivity index (χ4v) is 4.53. The second-order valence-electron chi connectivity index (χ2n) is 8.28. The molecule has 1 aliphatic rings. The van der Waals surface area contributed by atoms with Crippen LogP contribution in [-0.2, 0) is 22.6 Å². The third-order valence-electron chi connectivity index (χ3n) is 5.62. The molecule has 4 rings (SSSR count). The maximum Gasteiger partial charge on any atom is 0.294 e. The highest BCUT2D eigenvalue weighted by Crippen LogP contribution is 2.35. The summed E-state index contributed by atoms with van der Waals surface area (Å²) < 4.78 is 11.7. The minimum atomic E-state index is -0.506. The van der Waals surface area contributed by atoms with Gasteiger partial charge in [-0.05, 0) is 72.1 Å². The van der Waals surface area contributed by atoms with E-state index in [1.807, 2.05) is 56.3 Å². The smallest absolute Gasteiger partial charge is 0.294 e. The monoisotopic (exact) mass is 516 g/mol. The number of benzene rings is 3. The molecular weight excluding hydrogens is 488 g/mol. The maximum absolute atomic E-state index is 12.9. The Morgan fingerprint density at radius 3 is 2.38 bits per heavy atom. The molecule has 8 heteroatoms. The quantitative estimate of drug-likeness (QED) is 0.338. The minimum absolute atomic E-state index is 0.241. The van der Waals surface area contributed by atoms with Crippen molar-refractivity contribution in [2.75, 3.05) is 18.5 Å². The molecule has 37 heavy (non-hydrogen) atoms. The number of imide groups is 1. The number of anilines is 1. The fourth-order valence-electron chi connectivity index (χ4n) is 3.69. The number of ether oxygens (including phenoxy) is 2. The molecule has 0 bridgehead atoms. The van der Waals surface area contributed by atoms with Crippen LogP contribution in [0.4, 0.5) is 10.5 Å². The number of carbonyl (C=O) groups is 3. The Morgan fingerprint density at radius 2 is 1.68 bits per heavy atom. The van der Waals surface area contributed by atoms with Crippen LogP contribution >= 0.6 is 11.8 Å². The van der Waals surface area contributed by atoms with Crippen molar-refractivity contribution in [1.82, 2.24) is 4.90 Å². The van der Waals surface area contributed by atoms with E-state index < -0.39 is 17.1 Å². The van der Waals surface area contributed by atoms with Crippen LogP contribution < -0.4 is 14.8 Å². The molecule has 1 aliphatic heterocycles. The first-order valence-corrected chi connectivity index (χ1v) is 12.9. The van der Waals surface area contributed by atoms with E-state index in [2.05, 4.69) is 5.32 Å². The molecule has 0 spiro atoms. The summed E-state index contributed by atoms with van der Waals surface area (Å²) in [6.45, 7) is 4.41. The number of aryl methyl sites for hydroxylation is 1. The lowest BCUT2D eigenvalue weighted by Gasteiger charge is -2.13. The van der Waals surface area contributed by atoms with Gasteiger partial charge in [-0.2, -0.15) is 0 Å². The average Bonchev–Trinajstić information content (AvgIpc) is 3.16. The Kier molecular flexibility index (Phi) is 8.64. The summed E-state index contributed by atoms with van der Waals surface area (Å²) in [4.78, 5) is 39.1. The number of hydrogen-bond acceptors (Lipinski definition) is 6. The van der Waals surface area contributed by atoms with Gasteiger partial charge in [0.25, 0.3) is 11.1 Å². The van der Waals surface area contributed by atoms with Crippen molar-refractivity contribution in [1.29, 1.82) is 0 Å². The van der Waals surface area contributed by atoms with Gasteiger partial charge in [-0.1, -0.05) is 55.5 Å². The Morgan fingerprint density at radius 1 is 0.919 bits per heavy atom. The molecule has 3 amide bonds. The SMILES string of the molecule is CCOc1cc(/C=C2/SC(=O)N(CC(=O)Nc3ccc(CC)cc3)C2=O)ccc1OCc1ccccc1. The number of nitrogens with zero attached hydrogens (tertiary/aromatic N) is 1. The van der Waals surface area contributed by atoms with Gasteiger partial charge in [-0.15, -0.1) is 0 Å². The summed E-state index contributed by atoms with van der Waals surface area (Å²) in [7, 11) is 0. The highest BCUT2D eigenvalue weighted by molar-refractivity contribution is 8.18. The van der Waals surface area contributed by atoms with Gasteiger partial charge in [-0.25, -0.2) is 0 Å². The van der Waals surface area contributed by atoms with Gasteiger partial charge in [0.2, 0.25) is 5.91 Å². The molecule has 0 atom stereocenters. The predicted molar refractivity (Wildman–Crippen MR) is 146 cm³/mol. The second-order valence-corrected chi connectivity index (χ2v) is 9.27. The van der Waals surface area contributed by atoms with Gasteiger partial charge in [0.15, 0.2) is 11.5 Å². The van der Waals surface area contributed by atoms with Crippen molar-refractivity contribution in [3.05, 3.63) is 94.4 Å². The number of amides is 3. The third kappa shape index (κ3) is 6.80. The van der Waals surface area contributed by atoms with Crippen LogP contribution in [0.1, 0.15) is 30.5 Å². The Labute approximate surface area is 220 Å². The average molecular weight is 517 g/mol. The van der Waals surface area contributed by atoms with Crippen LogP contribution in [0.15, 0.2) is 77.7 Å². The maximum atomic E-state index is 12.9. The van der Waals surface area contributed by atoms with Crippen molar-refractivity contribution >= 4 is 40.6 Å². The van der Waals surface area contributed by atoms with Crippen LogP contribution in [0.3, 0.4) is 0 Å². The lowest BCUT2D eigenvalue weighted by molar-refractivity contribution is -0.127. The van der Waals surface area contributed by atoms with Crippen molar-refractivity contribution in [3.8, 4) is 11.5 Å². The van der Waals surface area contributed by atoms with Crippen LogP contribution in [0.25, 0.3) is 6.08 Å². The molecule has 1 N–H and O–H groups in total. The highest BCUT2D eigenvalue weighted by atomic mass is 32.2. The molecule has 0 radical (unpaired) electrons. The zero-order chi connectivity index (χ0) is 26.2. The first-order valence-electron chi connectivity index (χ1n) is 12.0. The Bertz CT molecular complexity index is 1310. The lowest BCUT2D eigenvalue weighted by atomic mass is 10.1. The topological polar surface area (TPSA) is 84.9 Å². The molecule has 1 saturated heterocycles. The van der Waals surface area contributed by atoms with Crippen molar-refractivity contribution in [2.45, 2.75) is 26.9 Å². The molecule has 0 saturated carbocycles. The van der Waals surface area contributed by atoms with Crippen molar-refractivity contribution < 1.29 is 23.9 Å². The molecule has 3 aromatic carbocycles. The van der Waals surface area contributed by atoms with Crippen LogP contribution in [-0.4, -0.2) is 35.1 Å². The summed E-state index contributed by atoms with van der Waals surface area (Å²) in [5.41, 5.74) is 3.48. The summed E-state index contributed by atoms with van der Waals surface area (Å²) in [6, 6.07) is 22.6. The first kappa shape index (κ1) is 26.0. The van der Waals surface area contributed by atoms with E-state index in [0.717, 1.165) is 34.2 Å². The summed E-state index contributed by atoms with van der Waals surface area (Å²) in [5.74, 6) is 0.180. The van der Waals surface area contributed by atoms with E-state index >= 15 is 0 Å². The molecule has 1 heterocycles. The van der Waals surface area contributed by atoms with Crippen LogP contribution in [0.2, 0.25) is 0 Å². The number of carbonyl (C=O) groups excluding carboxylic acids is 3. The highest BCUT2D eigenvalue weighted by Gasteiger charge is 2.36. The number of rotatable bonds is 10. The third-order valence-corrected chi connectivity index (χ3v) is 6.53. The molecule has 1 fully saturated rings. The minimum Gasteiger partial charge on any atom is -0.490 e. The second kappa shape index (κ2) is 12.3. The zero-order valence-corrected chi connectivity index (χ0v) is 21.5. The van der Waals surface area contributed by atoms with Gasteiger partial charge in [0.05, 0.1) is 11.5 Å². The van der Waals surface area contributed by atoms with Gasteiger partial charge < -0.3 is 14.8 Å². The van der Waals surface area contributed by atoms with Gasteiger partial charge in [0, 0.05) is 5.69 Å². The van der Waals surface area contributed by atoms with E-state index in [4.69, 9.17) is 9.47 Å². The van der Waals surface area contributed by atoms with E-state index in [9.17, 15) is 14.4 Å².